The largest absolute Gasteiger partial charge is 0.370 e. The first-order valence-electron chi connectivity index (χ1n) is 9.05. The molecule has 22 heavy (non-hydrogen) atoms. The van der Waals surface area contributed by atoms with Crippen LogP contribution in [0.25, 0.3) is 0 Å². The summed E-state index contributed by atoms with van der Waals surface area (Å²) in [6, 6.07) is 12.4. The molecule has 0 aromatic heterocycles. The highest BCUT2D eigenvalue weighted by Gasteiger charge is 2.59. The van der Waals surface area contributed by atoms with Crippen LogP contribution < -0.4 is 0 Å². The van der Waals surface area contributed by atoms with Crippen LogP contribution in [-0.4, -0.2) is 29.7 Å². The quantitative estimate of drug-likeness (QED) is 0.724. The van der Waals surface area contributed by atoms with E-state index in [4.69, 9.17) is 4.74 Å². The number of ether oxygens (including phenoxy) is 1. The molecule has 1 aromatic carbocycles. The fraction of sp³-hybridized carbons (Fsp3) is 0.600. The first-order valence-corrected chi connectivity index (χ1v) is 9.05. The summed E-state index contributed by atoms with van der Waals surface area (Å²) in [7, 11) is 0. The van der Waals surface area contributed by atoms with Crippen molar-refractivity contribution in [2.24, 2.45) is 5.92 Å². The fourth-order valence-corrected chi connectivity index (χ4v) is 5.85. The van der Waals surface area contributed by atoms with Gasteiger partial charge in [0.25, 0.3) is 0 Å². The Morgan fingerprint density at radius 1 is 1.09 bits per heavy atom. The fourth-order valence-electron chi connectivity index (χ4n) is 5.85. The molecule has 1 saturated carbocycles. The summed E-state index contributed by atoms with van der Waals surface area (Å²) in [6.07, 6.45) is 10.3. The van der Waals surface area contributed by atoms with E-state index in [0.717, 1.165) is 25.0 Å². The van der Waals surface area contributed by atoms with Crippen molar-refractivity contribution in [2.45, 2.75) is 56.2 Å². The molecule has 116 valence electrons. The summed E-state index contributed by atoms with van der Waals surface area (Å²) in [5.74, 6) is 0.738. The van der Waals surface area contributed by atoms with Gasteiger partial charge in [-0.05, 0) is 56.2 Å². The molecule has 0 amide bonds. The van der Waals surface area contributed by atoms with Gasteiger partial charge in [0, 0.05) is 12.0 Å². The second-order valence-electron chi connectivity index (χ2n) is 7.45. The molecule has 4 atom stereocenters. The van der Waals surface area contributed by atoms with Gasteiger partial charge in [0.2, 0.25) is 0 Å². The third kappa shape index (κ3) is 1.68. The molecule has 1 aromatic rings. The van der Waals surface area contributed by atoms with Crippen LogP contribution in [0.1, 0.15) is 50.1 Å². The molecule has 2 heteroatoms. The molecular weight excluding hydrogens is 270 g/mol. The molecule has 4 aliphatic rings. The van der Waals surface area contributed by atoms with E-state index in [9.17, 15) is 0 Å². The van der Waals surface area contributed by atoms with Crippen LogP contribution in [0.4, 0.5) is 0 Å². The number of hydrogen-bond acceptors (Lipinski definition) is 2. The zero-order valence-corrected chi connectivity index (χ0v) is 13.2. The molecule has 2 saturated heterocycles. The van der Waals surface area contributed by atoms with Crippen molar-refractivity contribution >= 4 is 0 Å². The van der Waals surface area contributed by atoms with E-state index in [1.165, 1.54) is 44.2 Å². The maximum atomic E-state index is 6.56. The minimum absolute atomic E-state index is 0.0737. The van der Waals surface area contributed by atoms with Crippen molar-refractivity contribution in [3.63, 3.8) is 0 Å². The number of hydrogen-bond donors (Lipinski definition) is 0. The highest BCUT2D eigenvalue weighted by atomic mass is 16.5. The summed E-state index contributed by atoms with van der Waals surface area (Å²) in [4.78, 5) is 2.81. The highest BCUT2D eigenvalue weighted by Crippen LogP contribution is 2.59. The Labute approximate surface area is 133 Å². The van der Waals surface area contributed by atoms with Gasteiger partial charge in [-0.2, -0.15) is 0 Å². The molecule has 1 aliphatic carbocycles. The lowest BCUT2D eigenvalue weighted by Gasteiger charge is -2.54. The van der Waals surface area contributed by atoms with E-state index in [0.29, 0.717) is 6.04 Å². The molecule has 3 heterocycles. The first-order chi connectivity index (χ1) is 10.9. The lowest BCUT2D eigenvalue weighted by Crippen LogP contribution is -2.58. The van der Waals surface area contributed by atoms with Crippen LogP contribution in [0.2, 0.25) is 0 Å². The van der Waals surface area contributed by atoms with Crippen molar-refractivity contribution in [2.75, 3.05) is 13.2 Å². The predicted octanol–water partition coefficient (Wildman–Crippen LogP) is 4.09. The van der Waals surface area contributed by atoms with Crippen LogP contribution in [-0.2, 0) is 4.74 Å². The summed E-state index contributed by atoms with van der Waals surface area (Å²) < 4.78 is 6.56. The van der Waals surface area contributed by atoms with Crippen molar-refractivity contribution in [1.82, 2.24) is 4.90 Å². The van der Waals surface area contributed by atoms with Crippen LogP contribution >= 0.6 is 0 Å². The van der Waals surface area contributed by atoms with Gasteiger partial charge in [0.1, 0.15) is 0 Å². The van der Waals surface area contributed by atoms with Crippen molar-refractivity contribution in [3.05, 3.63) is 47.5 Å². The number of piperidine rings is 1. The Morgan fingerprint density at radius 2 is 2.00 bits per heavy atom. The first kappa shape index (κ1) is 13.3. The molecule has 2 nitrogen and oxygen atoms in total. The van der Waals surface area contributed by atoms with Crippen LogP contribution in [0, 0.1) is 5.92 Å². The molecular formula is C20H25NO. The Bertz CT molecular complexity index is 595. The third-order valence-electron chi connectivity index (χ3n) is 6.54. The van der Waals surface area contributed by atoms with E-state index < -0.39 is 0 Å². The van der Waals surface area contributed by atoms with Gasteiger partial charge in [-0.25, -0.2) is 0 Å². The molecule has 3 aliphatic heterocycles. The number of fused-ring (bicyclic) bond motifs is 2. The molecule has 5 rings (SSSR count). The van der Waals surface area contributed by atoms with Gasteiger partial charge in [0.15, 0.2) is 0 Å². The molecule has 0 bridgehead atoms. The van der Waals surface area contributed by atoms with E-state index >= 15 is 0 Å². The Kier molecular flexibility index (Phi) is 2.99. The van der Waals surface area contributed by atoms with E-state index in [1.807, 2.05) is 0 Å². The Hall–Kier alpha value is -1.12. The van der Waals surface area contributed by atoms with Crippen molar-refractivity contribution in [3.8, 4) is 0 Å². The van der Waals surface area contributed by atoms with Crippen LogP contribution in [0.5, 0.6) is 0 Å². The molecule has 0 radical (unpaired) electrons. The van der Waals surface area contributed by atoms with Gasteiger partial charge >= 0.3 is 0 Å². The minimum Gasteiger partial charge on any atom is -0.370 e. The van der Waals surface area contributed by atoms with Crippen LogP contribution in [0.3, 0.4) is 0 Å². The summed E-state index contributed by atoms with van der Waals surface area (Å²) in [5, 5.41) is 0. The molecule has 3 fully saturated rings. The lowest BCUT2D eigenvalue weighted by molar-refractivity contribution is -0.105. The maximum absolute atomic E-state index is 6.56. The minimum atomic E-state index is 0.0737. The molecule has 0 N–H and O–H groups in total. The Morgan fingerprint density at radius 3 is 2.91 bits per heavy atom. The normalized spacial score (nSPS) is 40.7. The van der Waals surface area contributed by atoms with E-state index in [1.54, 1.807) is 5.57 Å². The maximum Gasteiger partial charge on any atom is 0.0953 e. The average molecular weight is 295 g/mol. The van der Waals surface area contributed by atoms with Gasteiger partial charge < -0.3 is 4.74 Å². The number of nitrogens with zero attached hydrogens (tertiary/aromatic N) is 1. The molecule has 1 spiro atoms. The smallest absolute Gasteiger partial charge is 0.0953 e. The topological polar surface area (TPSA) is 12.5 Å². The lowest BCUT2D eigenvalue weighted by atomic mass is 9.69. The summed E-state index contributed by atoms with van der Waals surface area (Å²) in [5.41, 5.74) is 3.14. The molecule has 0 unspecified atom stereocenters. The average Bonchev–Trinajstić information content (AvgIpc) is 3.19. The SMILES string of the molecule is C1=C2[C@H](c3ccccc3)N3CCC[C@H]3[C@@H]3CCC[C@]23OCC1. The predicted molar refractivity (Wildman–Crippen MR) is 87.6 cm³/mol. The van der Waals surface area contributed by atoms with Gasteiger partial charge in [-0.3, -0.25) is 4.90 Å². The van der Waals surface area contributed by atoms with E-state index in [2.05, 4.69) is 41.3 Å². The monoisotopic (exact) mass is 295 g/mol. The zero-order chi connectivity index (χ0) is 14.6. The van der Waals surface area contributed by atoms with Crippen LogP contribution in [0.15, 0.2) is 42.0 Å². The van der Waals surface area contributed by atoms with Crippen molar-refractivity contribution < 1.29 is 4.74 Å². The Balaban J connectivity index is 1.68. The van der Waals surface area contributed by atoms with Gasteiger partial charge in [-0.1, -0.05) is 36.4 Å². The standard InChI is InChI=1S/C20H25NO/c1-2-7-15(8-3-1)19-17-10-6-14-22-20(17)12-4-9-16(20)18-11-5-13-21(18)19/h1-3,7-8,10,16,18-19H,4-6,9,11-14H2/t16-,18-,19-,20+/m0/s1. The zero-order valence-electron chi connectivity index (χ0n) is 13.2. The number of benzene rings is 1. The van der Waals surface area contributed by atoms with Crippen molar-refractivity contribution in [1.29, 1.82) is 0 Å². The second-order valence-corrected chi connectivity index (χ2v) is 7.45. The van der Waals surface area contributed by atoms with Gasteiger partial charge in [0.05, 0.1) is 18.2 Å². The summed E-state index contributed by atoms with van der Waals surface area (Å²) in [6.45, 7) is 2.18. The second kappa shape index (κ2) is 4.94. The van der Waals surface area contributed by atoms with Gasteiger partial charge in [-0.15, -0.1) is 0 Å². The number of rotatable bonds is 1. The highest BCUT2D eigenvalue weighted by molar-refractivity contribution is 5.40. The van der Waals surface area contributed by atoms with E-state index in [-0.39, 0.29) is 5.60 Å². The summed E-state index contributed by atoms with van der Waals surface area (Å²) >= 11 is 0. The third-order valence-corrected chi connectivity index (χ3v) is 6.54.